The molecule has 1 saturated heterocycles. The second kappa shape index (κ2) is 7.30. The van der Waals surface area contributed by atoms with Gasteiger partial charge in [-0.15, -0.1) is 5.10 Å². The van der Waals surface area contributed by atoms with Crippen LogP contribution in [0.4, 0.5) is 5.95 Å². The molecule has 0 aromatic carbocycles. The molecule has 4 aromatic heterocycles. The number of hydrogen-bond donors (Lipinski definition) is 1. The van der Waals surface area contributed by atoms with Crippen LogP contribution < -0.4 is 5.32 Å². The molecule has 8 nitrogen and oxygen atoms in total. The van der Waals surface area contributed by atoms with E-state index in [-0.39, 0.29) is 0 Å². The van der Waals surface area contributed by atoms with Gasteiger partial charge in [0.2, 0.25) is 5.95 Å². The zero-order valence-corrected chi connectivity index (χ0v) is 18.0. The van der Waals surface area contributed by atoms with Gasteiger partial charge in [-0.1, -0.05) is 0 Å². The van der Waals surface area contributed by atoms with Crippen molar-refractivity contribution in [2.24, 2.45) is 5.92 Å². The van der Waals surface area contributed by atoms with Crippen LogP contribution in [0.5, 0.6) is 0 Å². The molecule has 5 heterocycles. The summed E-state index contributed by atoms with van der Waals surface area (Å²) < 4.78 is 9.80. The Morgan fingerprint density at radius 3 is 2.74 bits per heavy atom. The molecule has 2 fully saturated rings. The monoisotopic (exact) mass is 417 g/mol. The van der Waals surface area contributed by atoms with Crippen molar-refractivity contribution in [3.8, 4) is 11.1 Å². The summed E-state index contributed by atoms with van der Waals surface area (Å²) in [6.07, 6.45) is 10.4. The number of imidazole rings is 1. The van der Waals surface area contributed by atoms with Crippen LogP contribution >= 0.6 is 0 Å². The summed E-state index contributed by atoms with van der Waals surface area (Å²) in [7, 11) is 0. The lowest BCUT2D eigenvalue weighted by molar-refractivity contribution is 0.0701. The van der Waals surface area contributed by atoms with E-state index >= 15 is 0 Å². The van der Waals surface area contributed by atoms with E-state index in [2.05, 4.69) is 50.9 Å². The van der Waals surface area contributed by atoms with Crippen molar-refractivity contribution < 1.29 is 4.74 Å². The first kappa shape index (κ1) is 18.7. The number of anilines is 1. The lowest BCUT2D eigenvalue weighted by Gasteiger charge is -2.25. The van der Waals surface area contributed by atoms with Gasteiger partial charge in [-0.2, -0.15) is 0 Å². The van der Waals surface area contributed by atoms with Crippen molar-refractivity contribution in [3.05, 3.63) is 36.5 Å². The SMILES string of the molecule is Cc1nc2ncc(-c3ccn4nc(N[C@@H](C)C5CC5)ncc34)cc2n1C1CCOCC1. The van der Waals surface area contributed by atoms with Crippen LogP contribution in [-0.2, 0) is 4.74 Å². The Labute approximate surface area is 180 Å². The molecule has 1 aliphatic heterocycles. The average Bonchev–Trinajstić information content (AvgIpc) is 3.47. The van der Waals surface area contributed by atoms with E-state index in [0.717, 1.165) is 65.6 Å². The molecule has 0 spiro atoms. The van der Waals surface area contributed by atoms with E-state index in [1.165, 1.54) is 12.8 Å². The van der Waals surface area contributed by atoms with Crippen molar-refractivity contribution in [2.45, 2.75) is 51.6 Å². The highest BCUT2D eigenvalue weighted by molar-refractivity contribution is 5.85. The number of ether oxygens (including phenoxy) is 1. The van der Waals surface area contributed by atoms with Crippen LogP contribution in [0.2, 0.25) is 0 Å². The normalized spacial score (nSPS) is 18.6. The molecule has 0 radical (unpaired) electrons. The molecule has 4 aromatic rings. The smallest absolute Gasteiger partial charge is 0.241 e. The molecule has 160 valence electrons. The van der Waals surface area contributed by atoms with Crippen LogP contribution in [0.1, 0.15) is 44.5 Å². The van der Waals surface area contributed by atoms with Gasteiger partial charge in [-0.3, -0.25) is 0 Å². The summed E-state index contributed by atoms with van der Waals surface area (Å²) in [5.41, 5.74) is 4.99. The Hall–Kier alpha value is -3.00. The molecule has 0 bridgehead atoms. The Bertz CT molecular complexity index is 1250. The zero-order valence-electron chi connectivity index (χ0n) is 18.0. The predicted molar refractivity (Wildman–Crippen MR) is 119 cm³/mol. The molecular weight excluding hydrogens is 390 g/mol. The summed E-state index contributed by atoms with van der Waals surface area (Å²) in [6, 6.07) is 5.11. The van der Waals surface area contributed by atoms with Crippen LogP contribution in [0.25, 0.3) is 27.8 Å². The van der Waals surface area contributed by atoms with Crippen LogP contribution in [0.15, 0.2) is 30.7 Å². The van der Waals surface area contributed by atoms with Gasteiger partial charge in [0, 0.05) is 48.8 Å². The predicted octanol–water partition coefficient (Wildman–Crippen LogP) is 4.01. The molecule has 1 N–H and O–H groups in total. The second-order valence-corrected chi connectivity index (χ2v) is 8.85. The van der Waals surface area contributed by atoms with Gasteiger partial charge in [0.15, 0.2) is 5.65 Å². The summed E-state index contributed by atoms with van der Waals surface area (Å²) in [4.78, 5) is 14.0. The Kier molecular flexibility index (Phi) is 4.41. The van der Waals surface area contributed by atoms with E-state index in [4.69, 9.17) is 9.72 Å². The van der Waals surface area contributed by atoms with Crippen molar-refractivity contribution in [1.29, 1.82) is 0 Å². The second-order valence-electron chi connectivity index (χ2n) is 8.85. The maximum atomic E-state index is 5.56. The number of aromatic nitrogens is 6. The third-order valence-electron chi connectivity index (χ3n) is 6.69. The van der Waals surface area contributed by atoms with E-state index in [9.17, 15) is 0 Å². The largest absolute Gasteiger partial charge is 0.381 e. The molecule has 8 heteroatoms. The summed E-state index contributed by atoms with van der Waals surface area (Å²) in [5.74, 6) is 2.44. The Morgan fingerprint density at radius 1 is 1.10 bits per heavy atom. The number of rotatable bonds is 5. The fraction of sp³-hybridized carbons (Fsp3) is 0.478. The summed E-state index contributed by atoms with van der Waals surface area (Å²) >= 11 is 0. The van der Waals surface area contributed by atoms with E-state index in [0.29, 0.717) is 18.0 Å². The van der Waals surface area contributed by atoms with Crippen LogP contribution in [0, 0.1) is 12.8 Å². The number of aryl methyl sites for hydroxylation is 1. The topological polar surface area (TPSA) is 82.2 Å². The quantitative estimate of drug-likeness (QED) is 0.528. The minimum atomic E-state index is 0.409. The van der Waals surface area contributed by atoms with Crippen LogP contribution in [-0.4, -0.2) is 48.4 Å². The molecule has 0 unspecified atom stereocenters. The maximum absolute atomic E-state index is 5.56. The van der Waals surface area contributed by atoms with E-state index in [1.54, 1.807) is 0 Å². The van der Waals surface area contributed by atoms with E-state index in [1.807, 2.05) is 23.1 Å². The van der Waals surface area contributed by atoms with Gasteiger partial charge in [0.1, 0.15) is 5.82 Å². The van der Waals surface area contributed by atoms with Crippen molar-refractivity contribution in [1.82, 2.24) is 29.1 Å². The number of hydrogen-bond acceptors (Lipinski definition) is 6. The van der Waals surface area contributed by atoms with Gasteiger partial charge in [-0.05, 0) is 57.6 Å². The molecule has 1 saturated carbocycles. The number of nitrogens with zero attached hydrogens (tertiary/aromatic N) is 6. The maximum Gasteiger partial charge on any atom is 0.241 e. The molecule has 1 atom stereocenters. The average molecular weight is 418 g/mol. The number of nitrogens with one attached hydrogen (secondary N) is 1. The summed E-state index contributed by atoms with van der Waals surface area (Å²) in [6.45, 7) is 5.87. The highest BCUT2D eigenvalue weighted by Gasteiger charge is 2.28. The third kappa shape index (κ3) is 3.35. The van der Waals surface area contributed by atoms with E-state index < -0.39 is 0 Å². The van der Waals surface area contributed by atoms with Crippen molar-refractivity contribution >= 4 is 22.6 Å². The van der Waals surface area contributed by atoms with Crippen molar-refractivity contribution in [3.63, 3.8) is 0 Å². The van der Waals surface area contributed by atoms with Gasteiger partial charge in [0.05, 0.1) is 17.2 Å². The van der Waals surface area contributed by atoms with Gasteiger partial charge in [0.25, 0.3) is 0 Å². The van der Waals surface area contributed by atoms with Gasteiger partial charge >= 0.3 is 0 Å². The van der Waals surface area contributed by atoms with Gasteiger partial charge < -0.3 is 14.6 Å². The molecule has 2 aliphatic rings. The number of pyridine rings is 1. The first-order valence-electron chi connectivity index (χ1n) is 11.2. The summed E-state index contributed by atoms with van der Waals surface area (Å²) in [5, 5.41) is 8.11. The highest BCUT2D eigenvalue weighted by Crippen LogP contribution is 2.34. The van der Waals surface area contributed by atoms with Crippen molar-refractivity contribution in [2.75, 3.05) is 18.5 Å². The lowest BCUT2D eigenvalue weighted by Crippen LogP contribution is -2.20. The highest BCUT2D eigenvalue weighted by atomic mass is 16.5. The van der Waals surface area contributed by atoms with Gasteiger partial charge in [-0.25, -0.2) is 19.5 Å². The molecule has 0 amide bonds. The third-order valence-corrected chi connectivity index (χ3v) is 6.69. The Balaban J connectivity index is 1.37. The minimum Gasteiger partial charge on any atom is -0.381 e. The molecule has 31 heavy (non-hydrogen) atoms. The fourth-order valence-corrected chi connectivity index (χ4v) is 4.77. The fourth-order valence-electron chi connectivity index (χ4n) is 4.77. The Morgan fingerprint density at radius 2 is 1.94 bits per heavy atom. The van der Waals surface area contributed by atoms with Crippen LogP contribution in [0.3, 0.4) is 0 Å². The lowest BCUT2D eigenvalue weighted by atomic mass is 10.1. The first-order valence-corrected chi connectivity index (χ1v) is 11.2. The molecular formula is C23H27N7O. The zero-order chi connectivity index (χ0) is 20.9. The standard InChI is InChI=1S/C23H27N7O/c1-14(16-3-4-16)26-23-25-13-21-19(5-8-29(21)28-23)17-11-20-22(24-12-17)27-15(2)30(20)18-6-9-31-10-7-18/h5,8,11-14,16,18H,3-4,6-7,9-10H2,1-2H3,(H,26,28)/t14-/m0/s1. The first-order chi connectivity index (χ1) is 15.2. The number of fused-ring (bicyclic) bond motifs is 2. The molecule has 1 aliphatic carbocycles. The minimum absolute atomic E-state index is 0.409. The molecule has 6 rings (SSSR count).